The van der Waals surface area contributed by atoms with Crippen molar-refractivity contribution in [3.8, 4) is 5.75 Å². The van der Waals surface area contributed by atoms with Crippen LogP contribution in [0.25, 0.3) is 10.8 Å². The highest BCUT2D eigenvalue weighted by atomic mass is 32.2. The van der Waals surface area contributed by atoms with Crippen LogP contribution in [0.5, 0.6) is 5.75 Å². The maximum Gasteiger partial charge on any atom is 0.241 e. The summed E-state index contributed by atoms with van der Waals surface area (Å²) in [5.74, 6) is 0.558. The number of fused-ring (bicyclic) bond motifs is 2. The zero-order valence-electron chi connectivity index (χ0n) is 23.5. The summed E-state index contributed by atoms with van der Waals surface area (Å²) >= 11 is 0. The molecule has 2 aliphatic heterocycles. The maximum absolute atomic E-state index is 13.5. The van der Waals surface area contributed by atoms with Crippen molar-refractivity contribution in [2.45, 2.75) is 36.4 Å². The lowest BCUT2D eigenvalue weighted by molar-refractivity contribution is -0.122. The summed E-state index contributed by atoms with van der Waals surface area (Å²) in [5, 5.41) is 8.36. The van der Waals surface area contributed by atoms with Crippen molar-refractivity contribution in [3.63, 3.8) is 0 Å². The molecule has 6 rings (SSSR count). The van der Waals surface area contributed by atoms with Crippen LogP contribution in [0.15, 0.2) is 95.9 Å². The summed E-state index contributed by atoms with van der Waals surface area (Å²) in [6.07, 6.45) is 0.610. The van der Waals surface area contributed by atoms with Gasteiger partial charge in [-0.3, -0.25) is 9.69 Å². The van der Waals surface area contributed by atoms with Crippen molar-refractivity contribution >= 4 is 26.7 Å². The Kier molecular flexibility index (Phi) is 8.53. The Morgan fingerprint density at radius 2 is 1.69 bits per heavy atom. The van der Waals surface area contributed by atoms with Gasteiger partial charge >= 0.3 is 0 Å². The minimum absolute atomic E-state index is 0.0377. The molecule has 0 saturated carbocycles. The molecule has 0 aromatic heterocycles. The lowest BCUT2D eigenvalue weighted by Crippen LogP contribution is -2.42. The molecule has 3 N–H and O–H groups in total. The van der Waals surface area contributed by atoms with Crippen LogP contribution in [-0.2, 0) is 21.4 Å². The molecule has 1 saturated heterocycles. The molecule has 9 heteroatoms. The highest BCUT2D eigenvalue weighted by Gasteiger charge is 2.28. The van der Waals surface area contributed by atoms with Crippen molar-refractivity contribution in [2.75, 3.05) is 32.8 Å². The van der Waals surface area contributed by atoms with E-state index in [-0.39, 0.29) is 23.3 Å². The monoisotopic (exact) mass is 584 g/mol. The lowest BCUT2D eigenvalue weighted by atomic mass is 9.97. The van der Waals surface area contributed by atoms with Crippen molar-refractivity contribution in [1.29, 1.82) is 0 Å². The smallest absolute Gasteiger partial charge is 0.241 e. The summed E-state index contributed by atoms with van der Waals surface area (Å²) in [4.78, 5) is 16.1. The molecule has 4 aromatic rings. The fourth-order valence-corrected chi connectivity index (χ4v) is 7.02. The van der Waals surface area contributed by atoms with Gasteiger partial charge in [0.1, 0.15) is 5.75 Å². The summed E-state index contributed by atoms with van der Waals surface area (Å²) in [7, 11) is -3.91. The molecule has 42 heavy (non-hydrogen) atoms. The van der Waals surface area contributed by atoms with E-state index in [1.807, 2.05) is 60.7 Å². The van der Waals surface area contributed by atoms with Gasteiger partial charge in [-0.1, -0.05) is 66.7 Å². The SMILES string of the molecule is O=C(CC(NS(=O)(=O)c1ccc2ccccc2c1)c1ccccc1)NC1CCOc2ccc(CN3CCNCC3)cc21. The summed E-state index contributed by atoms with van der Waals surface area (Å²) in [6, 6.07) is 27.2. The topological polar surface area (TPSA) is 99.8 Å². The average molecular weight is 585 g/mol. The standard InChI is InChI=1S/C33H36N4O4S/c38-33(35-30-14-19-41-32-13-10-24(20-29(30)32)23-37-17-15-34-16-18-37)22-31(26-7-2-1-3-8-26)36-42(39,40)28-12-11-25-6-4-5-9-27(25)21-28/h1-13,20-21,30-31,34,36H,14-19,22-23H2,(H,35,38). The van der Waals surface area contributed by atoms with Crippen molar-refractivity contribution < 1.29 is 17.9 Å². The number of benzene rings is 4. The van der Waals surface area contributed by atoms with E-state index in [0.717, 1.165) is 60.4 Å². The molecule has 8 nitrogen and oxygen atoms in total. The number of nitrogens with zero attached hydrogens (tertiary/aromatic N) is 1. The number of amides is 1. The van der Waals surface area contributed by atoms with Crippen LogP contribution in [0, 0.1) is 0 Å². The van der Waals surface area contributed by atoms with Gasteiger partial charge in [-0.25, -0.2) is 13.1 Å². The Bertz CT molecular complexity index is 1660. The van der Waals surface area contributed by atoms with E-state index in [9.17, 15) is 13.2 Å². The van der Waals surface area contributed by atoms with Crippen molar-refractivity contribution in [1.82, 2.24) is 20.3 Å². The third kappa shape index (κ3) is 6.65. The van der Waals surface area contributed by atoms with Gasteiger partial charge in [-0.2, -0.15) is 0 Å². The molecule has 0 spiro atoms. The van der Waals surface area contributed by atoms with Crippen LogP contribution in [0.3, 0.4) is 0 Å². The molecule has 2 aliphatic rings. The number of sulfonamides is 1. The summed E-state index contributed by atoms with van der Waals surface area (Å²) < 4.78 is 35.8. The second-order valence-corrected chi connectivity index (χ2v) is 12.7. The van der Waals surface area contributed by atoms with Gasteiger partial charge in [-0.05, 0) is 46.2 Å². The van der Waals surface area contributed by atoms with Gasteiger partial charge in [0.05, 0.1) is 23.6 Å². The number of nitrogens with one attached hydrogen (secondary N) is 3. The number of ether oxygens (including phenoxy) is 1. The third-order valence-corrected chi connectivity index (χ3v) is 9.45. The number of hydrogen-bond donors (Lipinski definition) is 3. The Morgan fingerprint density at radius 3 is 2.50 bits per heavy atom. The predicted octanol–water partition coefficient (Wildman–Crippen LogP) is 4.29. The molecule has 1 amide bonds. The zero-order valence-corrected chi connectivity index (χ0v) is 24.3. The first kappa shape index (κ1) is 28.4. The number of hydrogen-bond acceptors (Lipinski definition) is 6. The van der Waals surface area contributed by atoms with Gasteiger partial charge in [0.2, 0.25) is 15.9 Å². The van der Waals surface area contributed by atoms with Crippen LogP contribution in [-0.4, -0.2) is 52.0 Å². The first-order valence-corrected chi connectivity index (χ1v) is 16.0. The quantitative estimate of drug-likeness (QED) is 0.272. The number of rotatable bonds is 9. The minimum atomic E-state index is -3.91. The fourth-order valence-electron chi connectivity index (χ4n) is 5.76. The predicted molar refractivity (Wildman–Crippen MR) is 164 cm³/mol. The normalized spacial score (nSPS) is 18.1. The molecule has 218 valence electrons. The highest BCUT2D eigenvalue weighted by molar-refractivity contribution is 7.89. The van der Waals surface area contributed by atoms with Crippen LogP contribution < -0.4 is 20.1 Å². The Labute approximate surface area is 247 Å². The Hall–Kier alpha value is -3.76. The molecule has 2 heterocycles. The van der Waals surface area contributed by atoms with Gasteiger partial charge < -0.3 is 15.4 Å². The van der Waals surface area contributed by atoms with Crippen molar-refractivity contribution in [2.24, 2.45) is 0 Å². The first-order chi connectivity index (χ1) is 20.4. The van der Waals surface area contributed by atoms with Crippen LogP contribution >= 0.6 is 0 Å². The molecular weight excluding hydrogens is 548 g/mol. The largest absolute Gasteiger partial charge is 0.493 e. The van der Waals surface area contributed by atoms with E-state index in [1.165, 1.54) is 5.56 Å². The van der Waals surface area contributed by atoms with Crippen molar-refractivity contribution in [3.05, 3.63) is 108 Å². The minimum Gasteiger partial charge on any atom is -0.493 e. The van der Waals surface area contributed by atoms with Gasteiger partial charge in [-0.15, -0.1) is 0 Å². The van der Waals surface area contributed by atoms with Gasteiger partial charge in [0, 0.05) is 51.1 Å². The molecule has 0 radical (unpaired) electrons. The van der Waals surface area contributed by atoms with Crippen LogP contribution in [0.1, 0.15) is 41.6 Å². The highest BCUT2D eigenvalue weighted by Crippen LogP contribution is 2.34. The second kappa shape index (κ2) is 12.6. The molecule has 0 aliphatic carbocycles. The Morgan fingerprint density at radius 1 is 0.929 bits per heavy atom. The summed E-state index contributed by atoms with van der Waals surface area (Å²) in [5.41, 5.74) is 2.88. The number of piperazine rings is 1. The van der Waals surface area contributed by atoms with E-state index >= 15 is 0 Å². The second-order valence-electron chi connectivity index (χ2n) is 11.0. The molecule has 2 atom stereocenters. The van der Waals surface area contributed by atoms with Crippen LogP contribution in [0.4, 0.5) is 0 Å². The first-order valence-electron chi connectivity index (χ1n) is 14.5. The van der Waals surface area contributed by atoms with Gasteiger partial charge in [0.15, 0.2) is 0 Å². The number of carbonyl (C=O) groups excluding carboxylic acids is 1. The average Bonchev–Trinajstić information content (AvgIpc) is 3.01. The molecule has 2 unspecified atom stereocenters. The fraction of sp³-hybridized carbons (Fsp3) is 0.303. The summed E-state index contributed by atoms with van der Waals surface area (Å²) in [6.45, 7) is 5.33. The van der Waals surface area contributed by atoms with Crippen LogP contribution in [0.2, 0.25) is 0 Å². The van der Waals surface area contributed by atoms with E-state index in [2.05, 4.69) is 32.4 Å². The van der Waals surface area contributed by atoms with E-state index in [0.29, 0.717) is 13.0 Å². The third-order valence-electron chi connectivity index (χ3n) is 7.98. The molecule has 4 aromatic carbocycles. The molecule has 1 fully saturated rings. The molecule has 0 bridgehead atoms. The van der Waals surface area contributed by atoms with E-state index in [4.69, 9.17) is 4.74 Å². The molecular formula is C33H36N4O4S. The Balaban J connectivity index is 1.19. The number of carbonyl (C=O) groups is 1. The maximum atomic E-state index is 13.5. The van der Waals surface area contributed by atoms with E-state index < -0.39 is 16.1 Å². The van der Waals surface area contributed by atoms with E-state index in [1.54, 1.807) is 18.2 Å². The zero-order chi connectivity index (χ0) is 28.9. The lowest BCUT2D eigenvalue weighted by Gasteiger charge is -2.30. The van der Waals surface area contributed by atoms with Gasteiger partial charge in [0.25, 0.3) is 0 Å².